The molecular formula is C29H40F5N3O2. The van der Waals surface area contributed by atoms with Crippen LogP contribution < -0.4 is 11.1 Å². The topological polar surface area (TPSA) is 77.2 Å². The van der Waals surface area contributed by atoms with E-state index in [1.807, 2.05) is 40.0 Å². The van der Waals surface area contributed by atoms with E-state index in [0.29, 0.717) is 5.76 Å². The maximum atomic E-state index is 12.2. The SMILES string of the molecule is C=C(F)/C=C(\C=C(C)C)OC.CC(C)NC(N)=O.Cc1ccc(CCc2ccccc2)nc1.FC(F)C(F)F. The van der Waals surface area contributed by atoms with Crippen molar-refractivity contribution in [3.8, 4) is 0 Å². The van der Waals surface area contributed by atoms with Crippen molar-refractivity contribution >= 4 is 6.03 Å². The molecule has 2 amide bonds. The van der Waals surface area contributed by atoms with E-state index in [0.717, 1.165) is 18.4 Å². The number of nitrogens with zero attached hydrogens (tertiary/aromatic N) is 1. The zero-order valence-electron chi connectivity index (χ0n) is 23.4. The first-order valence-corrected chi connectivity index (χ1v) is 12.0. The standard InChI is InChI=1S/C14H15N.C9H13FO.C4H10N2O.C2H2F4/c1-12-7-9-14(15-11-12)10-8-13-5-3-2-4-6-13;1-7(2)5-9(11-4)6-8(3)10;1-3(2)6-4(5)7;3-1(4)2(5)6/h2-7,9,11H,8,10H2,1H3;5-6H,3H2,1-2,4H3;3H,1-2H3,(H3,5,6,7);1-2H/b;9-6+;;. The molecule has 0 saturated heterocycles. The van der Waals surface area contributed by atoms with Gasteiger partial charge in [-0.2, -0.15) is 0 Å². The van der Waals surface area contributed by atoms with Crippen LogP contribution >= 0.6 is 0 Å². The number of nitrogens with one attached hydrogen (secondary N) is 1. The van der Waals surface area contributed by atoms with E-state index in [1.54, 1.807) is 6.08 Å². The third kappa shape index (κ3) is 25.7. The van der Waals surface area contributed by atoms with E-state index in [1.165, 1.54) is 30.0 Å². The normalized spacial score (nSPS) is 10.3. The van der Waals surface area contributed by atoms with Gasteiger partial charge >= 0.3 is 6.03 Å². The first-order chi connectivity index (χ1) is 18.2. The molecule has 0 aliphatic rings. The fourth-order valence-corrected chi connectivity index (χ4v) is 2.45. The van der Waals surface area contributed by atoms with Crippen LogP contribution in [0.2, 0.25) is 0 Å². The number of urea groups is 1. The summed E-state index contributed by atoms with van der Waals surface area (Å²) in [5.41, 5.74) is 9.56. The Balaban J connectivity index is 0. The predicted molar refractivity (Wildman–Crippen MR) is 147 cm³/mol. The van der Waals surface area contributed by atoms with Gasteiger partial charge in [0.15, 0.2) is 0 Å². The average Bonchev–Trinajstić information content (AvgIpc) is 2.83. The molecule has 0 atom stereocenters. The second-order valence-electron chi connectivity index (χ2n) is 8.56. The van der Waals surface area contributed by atoms with E-state index in [9.17, 15) is 26.7 Å². The van der Waals surface area contributed by atoms with Crippen LogP contribution in [0.4, 0.5) is 26.7 Å². The molecular weight excluding hydrogens is 517 g/mol. The number of hydrogen-bond acceptors (Lipinski definition) is 3. The zero-order chi connectivity index (χ0) is 30.4. The first-order valence-electron chi connectivity index (χ1n) is 12.0. The lowest BCUT2D eigenvalue weighted by Crippen LogP contribution is -2.34. The summed E-state index contributed by atoms with van der Waals surface area (Å²) in [6, 6.07) is 14.4. The number of amides is 2. The van der Waals surface area contributed by atoms with Crippen LogP contribution in [0.3, 0.4) is 0 Å². The van der Waals surface area contributed by atoms with E-state index in [4.69, 9.17) is 10.5 Å². The molecule has 0 fully saturated rings. The summed E-state index contributed by atoms with van der Waals surface area (Å²) in [7, 11) is 1.49. The van der Waals surface area contributed by atoms with Crippen molar-refractivity contribution in [2.24, 2.45) is 5.73 Å². The van der Waals surface area contributed by atoms with E-state index in [-0.39, 0.29) is 6.04 Å². The number of allylic oxidation sites excluding steroid dienone is 4. The number of benzene rings is 1. The number of carbonyl (C=O) groups excluding carboxylic acids is 1. The van der Waals surface area contributed by atoms with Crippen molar-refractivity contribution in [3.05, 3.63) is 101 Å². The van der Waals surface area contributed by atoms with Crippen LogP contribution in [0, 0.1) is 6.92 Å². The zero-order valence-corrected chi connectivity index (χ0v) is 23.4. The summed E-state index contributed by atoms with van der Waals surface area (Å²) in [4.78, 5) is 14.3. The number of carbonyl (C=O) groups is 1. The molecule has 39 heavy (non-hydrogen) atoms. The highest BCUT2D eigenvalue weighted by molar-refractivity contribution is 5.71. The third-order valence-corrected chi connectivity index (χ3v) is 4.07. The summed E-state index contributed by atoms with van der Waals surface area (Å²) in [6.07, 6.45) is 0.0363. The van der Waals surface area contributed by atoms with Gasteiger partial charge in [-0.3, -0.25) is 4.98 Å². The molecule has 3 N–H and O–H groups in total. The molecule has 1 aromatic heterocycles. The Hall–Kier alpha value is -3.69. The fraction of sp³-hybridized carbons (Fsp3) is 0.379. The Kier molecular flexibility index (Phi) is 21.4. The van der Waals surface area contributed by atoms with Gasteiger partial charge in [0, 0.05) is 24.0 Å². The number of ether oxygens (including phenoxy) is 1. The van der Waals surface area contributed by atoms with Crippen molar-refractivity contribution in [1.82, 2.24) is 10.3 Å². The van der Waals surface area contributed by atoms with E-state index >= 15 is 0 Å². The van der Waals surface area contributed by atoms with Crippen LogP contribution in [-0.2, 0) is 17.6 Å². The highest BCUT2D eigenvalue weighted by Gasteiger charge is 2.15. The summed E-state index contributed by atoms with van der Waals surface area (Å²) in [6.45, 7) is 12.7. The molecule has 1 aromatic carbocycles. The molecule has 0 saturated carbocycles. The summed E-state index contributed by atoms with van der Waals surface area (Å²) in [5, 5.41) is 2.44. The molecule has 2 rings (SSSR count). The highest BCUT2D eigenvalue weighted by Crippen LogP contribution is 2.07. The number of pyridine rings is 1. The quantitative estimate of drug-likeness (QED) is 0.198. The molecule has 5 nitrogen and oxygen atoms in total. The molecule has 0 unspecified atom stereocenters. The Morgan fingerprint density at radius 2 is 1.59 bits per heavy atom. The molecule has 218 valence electrons. The van der Waals surface area contributed by atoms with Crippen molar-refractivity contribution in [1.29, 1.82) is 0 Å². The average molecular weight is 558 g/mol. The molecule has 0 spiro atoms. The first kappa shape index (κ1) is 37.5. The van der Waals surface area contributed by atoms with Gasteiger partial charge in [0.05, 0.1) is 7.11 Å². The minimum absolute atomic E-state index is 0.150. The van der Waals surface area contributed by atoms with E-state index in [2.05, 4.69) is 60.2 Å². The van der Waals surface area contributed by atoms with Gasteiger partial charge in [-0.25, -0.2) is 26.7 Å². The van der Waals surface area contributed by atoms with E-state index < -0.39 is 24.7 Å². The lowest BCUT2D eigenvalue weighted by molar-refractivity contribution is -0.0278. The monoisotopic (exact) mass is 557 g/mol. The second-order valence-corrected chi connectivity index (χ2v) is 8.56. The lowest BCUT2D eigenvalue weighted by atomic mass is 10.1. The number of aryl methyl sites for hydroxylation is 3. The smallest absolute Gasteiger partial charge is 0.312 e. The van der Waals surface area contributed by atoms with Gasteiger partial charge in [-0.15, -0.1) is 0 Å². The van der Waals surface area contributed by atoms with Crippen LogP contribution in [0.15, 0.2) is 84.6 Å². The van der Waals surface area contributed by atoms with Gasteiger partial charge < -0.3 is 15.8 Å². The number of alkyl halides is 4. The van der Waals surface area contributed by atoms with Gasteiger partial charge in [0.2, 0.25) is 0 Å². The molecule has 10 heteroatoms. The Morgan fingerprint density at radius 1 is 1.03 bits per heavy atom. The summed E-state index contributed by atoms with van der Waals surface area (Å²) in [5.74, 6) is -0.0168. The Bertz CT molecular complexity index is 984. The molecule has 0 bridgehead atoms. The van der Waals surface area contributed by atoms with Crippen molar-refractivity contribution < 1.29 is 31.5 Å². The maximum absolute atomic E-state index is 12.2. The van der Waals surface area contributed by atoms with Crippen molar-refractivity contribution in [2.75, 3.05) is 7.11 Å². The van der Waals surface area contributed by atoms with Gasteiger partial charge in [-0.1, -0.05) is 48.6 Å². The minimum Gasteiger partial charge on any atom is -0.497 e. The maximum Gasteiger partial charge on any atom is 0.312 e. The van der Waals surface area contributed by atoms with Crippen LogP contribution in [0.25, 0.3) is 0 Å². The Morgan fingerprint density at radius 3 is 1.92 bits per heavy atom. The van der Waals surface area contributed by atoms with Crippen molar-refractivity contribution in [3.63, 3.8) is 0 Å². The van der Waals surface area contributed by atoms with Gasteiger partial charge in [0.25, 0.3) is 12.9 Å². The number of methoxy groups -OCH3 is 1. The summed E-state index contributed by atoms with van der Waals surface area (Å²) >= 11 is 0. The number of rotatable bonds is 8. The lowest BCUT2D eigenvalue weighted by Gasteiger charge is -2.01. The van der Waals surface area contributed by atoms with Gasteiger partial charge in [0.1, 0.15) is 11.6 Å². The number of primary amides is 1. The van der Waals surface area contributed by atoms with Crippen molar-refractivity contribution in [2.45, 2.75) is 66.4 Å². The second kappa shape index (κ2) is 22.3. The molecule has 0 aliphatic heterocycles. The Labute approximate surface area is 228 Å². The highest BCUT2D eigenvalue weighted by atomic mass is 19.3. The largest absolute Gasteiger partial charge is 0.497 e. The van der Waals surface area contributed by atoms with Crippen LogP contribution in [0.1, 0.15) is 44.5 Å². The summed E-state index contributed by atoms with van der Waals surface area (Å²) < 4.78 is 58.7. The van der Waals surface area contributed by atoms with Gasteiger partial charge in [-0.05, 0) is 70.7 Å². The molecule has 0 radical (unpaired) electrons. The number of nitrogens with two attached hydrogens (primary N) is 1. The van der Waals surface area contributed by atoms with Crippen LogP contribution in [0.5, 0.6) is 0 Å². The van der Waals surface area contributed by atoms with Crippen LogP contribution in [-0.4, -0.2) is 37.0 Å². The third-order valence-electron chi connectivity index (χ3n) is 4.07. The predicted octanol–water partition coefficient (Wildman–Crippen LogP) is 7.72. The number of aromatic nitrogens is 1. The number of hydrogen-bond donors (Lipinski definition) is 2. The number of halogens is 5. The minimum atomic E-state index is -3.48. The molecule has 1 heterocycles. The fourth-order valence-electron chi connectivity index (χ4n) is 2.45. The molecule has 0 aliphatic carbocycles. The molecule has 2 aromatic rings.